The molecule has 0 saturated heterocycles. The van der Waals surface area contributed by atoms with Gasteiger partial charge in [-0.15, -0.1) is 0 Å². The lowest BCUT2D eigenvalue weighted by atomic mass is 10.1. The number of carbonyl (C=O) groups excluding carboxylic acids is 3. The first-order valence-corrected chi connectivity index (χ1v) is 32.8. The number of hydrogen-bond donors (Lipinski definition) is 0. The van der Waals surface area contributed by atoms with Crippen molar-refractivity contribution in [3.8, 4) is 0 Å². The molecule has 0 spiro atoms. The molecule has 0 N–H and O–H groups in total. The van der Waals surface area contributed by atoms with Gasteiger partial charge in [0.05, 0.1) is 0 Å². The van der Waals surface area contributed by atoms with Crippen LogP contribution in [0.25, 0.3) is 0 Å². The maximum absolute atomic E-state index is 12.9. The highest BCUT2D eigenvalue weighted by Gasteiger charge is 2.19. The number of hydrogen-bond acceptors (Lipinski definition) is 6. The fourth-order valence-electron chi connectivity index (χ4n) is 8.70. The lowest BCUT2D eigenvalue weighted by Crippen LogP contribution is -2.30. The van der Waals surface area contributed by atoms with Crippen molar-refractivity contribution in [1.29, 1.82) is 0 Å². The maximum atomic E-state index is 12.9. The van der Waals surface area contributed by atoms with Gasteiger partial charge in [0.25, 0.3) is 0 Å². The van der Waals surface area contributed by atoms with Crippen LogP contribution in [0.15, 0.2) is 146 Å². The van der Waals surface area contributed by atoms with Crippen LogP contribution >= 0.6 is 0 Å². The molecule has 1 atom stereocenters. The van der Waals surface area contributed by atoms with Crippen LogP contribution in [0.5, 0.6) is 0 Å². The van der Waals surface area contributed by atoms with Gasteiger partial charge in [0.15, 0.2) is 6.10 Å². The summed E-state index contributed by atoms with van der Waals surface area (Å²) in [6.07, 6.45) is 95.6. The van der Waals surface area contributed by atoms with E-state index in [1.807, 2.05) is 0 Å². The van der Waals surface area contributed by atoms with Crippen molar-refractivity contribution in [2.24, 2.45) is 0 Å². The normalized spacial score (nSPS) is 13.1. The third-order valence-electron chi connectivity index (χ3n) is 13.6. The summed E-state index contributed by atoms with van der Waals surface area (Å²) in [5.74, 6) is -0.949. The van der Waals surface area contributed by atoms with Crippen molar-refractivity contribution in [3.63, 3.8) is 0 Å². The Morgan fingerprint density at radius 1 is 0.263 bits per heavy atom. The molecule has 1 unspecified atom stereocenters. The van der Waals surface area contributed by atoms with Crippen LogP contribution < -0.4 is 0 Å². The van der Waals surface area contributed by atoms with E-state index in [1.54, 1.807) is 0 Å². The van der Waals surface area contributed by atoms with Gasteiger partial charge in [0.1, 0.15) is 13.2 Å². The van der Waals surface area contributed by atoms with Crippen LogP contribution in [-0.2, 0) is 28.6 Å². The molecule has 0 aromatic heterocycles. The number of ether oxygens (including phenoxy) is 3. The molecule has 0 amide bonds. The third kappa shape index (κ3) is 64.1. The quantitative estimate of drug-likeness (QED) is 0.0261. The lowest BCUT2D eigenvalue weighted by molar-refractivity contribution is -0.167. The van der Waals surface area contributed by atoms with Gasteiger partial charge in [-0.25, -0.2) is 0 Å². The molecule has 0 fully saturated rings. The molecule has 6 nitrogen and oxygen atoms in total. The standard InChI is InChI=1S/C74H120O6/c1-4-7-10-13-16-19-22-25-28-31-33-35-36-37-38-40-41-43-46-49-52-55-58-61-64-67-73(76)79-70-71(69-78-72(75)66-63-60-57-54-51-48-45-30-27-24-21-18-15-12-9-6-3)80-74(77)68-65-62-59-56-53-50-47-44-42-39-34-32-29-26-23-20-17-14-11-8-5-2/h7-8,10-11,16-17,19-20,25-26,28-30,33-35,37-39,41,43,45,49,52,71H,4-6,9,12-15,18,21-24,27,31-32,36,40,42,44,46-48,50-51,53-70H2,1-3H3/b10-7-,11-8-,19-16-,20-17-,28-25-,29-26-,35-33-,38-37-,39-34-,43-41-,45-30-,52-49-. The molecule has 0 aromatic carbocycles. The second-order valence-electron chi connectivity index (χ2n) is 21.3. The molecular formula is C74H120O6. The highest BCUT2D eigenvalue weighted by molar-refractivity contribution is 5.71. The zero-order valence-electron chi connectivity index (χ0n) is 51.8. The summed E-state index contributed by atoms with van der Waals surface area (Å²) in [5.41, 5.74) is 0. The SMILES string of the molecule is CC/C=C\C/C=C\C/C=C\C/C=C\C/C=C\C/C=C\C/C=C\CCCCCC(=O)OCC(COC(=O)CCCCCCC/C=C\CCCCCCCCC)OC(=O)CCCCCCCCCC/C=C\C/C=C\C/C=C\C/C=C\CC. The monoisotopic (exact) mass is 1100 g/mol. The lowest BCUT2D eigenvalue weighted by Gasteiger charge is -2.18. The predicted octanol–water partition coefficient (Wildman–Crippen LogP) is 22.7. The first-order chi connectivity index (χ1) is 39.5. The fourth-order valence-corrected chi connectivity index (χ4v) is 8.70. The van der Waals surface area contributed by atoms with Crippen LogP contribution in [0.2, 0.25) is 0 Å². The molecule has 0 aromatic rings. The van der Waals surface area contributed by atoms with Gasteiger partial charge in [-0.1, -0.05) is 269 Å². The second kappa shape index (κ2) is 66.8. The van der Waals surface area contributed by atoms with E-state index < -0.39 is 6.10 Å². The van der Waals surface area contributed by atoms with E-state index in [2.05, 4.69) is 167 Å². The minimum absolute atomic E-state index is 0.101. The number of esters is 3. The van der Waals surface area contributed by atoms with Crippen molar-refractivity contribution >= 4 is 17.9 Å². The largest absolute Gasteiger partial charge is 0.462 e. The zero-order chi connectivity index (χ0) is 57.8. The summed E-state index contributed by atoms with van der Waals surface area (Å²) in [7, 11) is 0. The van der Waals surface area contributed by atoms with E-state index in [9.17, 15) is 14.4 Å². The molecule has 0 rings (SSSR count). The molecule has 0 saturated carbocycles. The van der Waals surface area contributed by atoms with E-state index in [-0.39, 0.29) is 31.1 Å². The molecule has 0 radical (unpaired) electrons. The molecule has 0 heterocycles. The van der Waals surface area contributed by atoms with Crippen molar-refractivity contribution in [1.82, 2.24) is 0 Å². The Morgan fingerprint density at radius 2 is 0.487 bits per heavy atom. The molecular weight excluding hydrogens is 985 g/mol. The molecule has 0 aliphatic heterocycles. The summed E-state index contributed by atoms with van der Waals surface area (Å²) in [4.78, 5) is 38.4. The smallest absolute Gasteiger partial charge is 0.306 e. The van der Waals surface area contributed by atoms with Crippen molar-refractivity contribution in [3.05, 3.63) is 146 Å². The van der Waals surface area contributed by atoms with Crippen LogP contribution in [0.4, 0.5) is 0 Å². The molecule has 80 heavy (non-hydrogen) atoms. The molecule has 6 heteroatoms. The van der Waals surface area contributed by atoms with Gasteiger partial charge in [-0.05, 0) is 141 Å². The summed E-state index contributed by atoms with van der Waals surface area (Å²) < 4.78 is 16.9. The van der Waals surface area contributed by atoms with Gasteiger partial charge < -0.3 is 14.2 Å². The van der Waals surface area contributed by atoms with E-state index in [0.717, 1.165) is 154 Å². The molecule has 0 aliphatic rings. The first kappa shape index (κ1) is 75.3. The Hall–Kier alpha value is -4.71. The minimum atomic E-state index is -0.808. The van der Waals surface area contributed by atoms with Gasteiger partial charge in [0, 0.05) is 19.3 Å². The summed E-state index contributed by atoms with van der Waals surface area (Å²) in [6, 6.07) is 0. The van der Waals surface area contributed by atoms with Crippen LogP contribution in [0.1, 0.15) is 284 Å². The van der Waals surface area contributed by atoms with Gasteiger partial charge in [-0.2, -0.15) is 0 Å². The Bertz CT molecular complexity index is 1750. The average molecular weight is 1110 g/mol. The van der Waals surface area contributed by atoms with E-state index in [0.29, 0.717) is 19.3 Å². The average Bonchev–Trinajstić information content (AvgIpc) is 3.46. The van der Waals surface area contributed by atoms with Crippen molar-refractivity contribution in [2.45, 2.75) is 290 Å². The van der Waals surface area contributed by atoms with Gasteiger partial charge >= 0.3 is 17.9 Å². The highest BCUT2D eigenvalue weighted by Crippen LogP contribution is 2.15. The molecule has 452 valence electrons. The molecule has 0 bridgehead atoms. The second-order valence-corrected chi connectivity index (χ2v) is 21.3. The van der Waals surface area contributed by atoms with Crippen molar-refractivity contribution in [2.75, 3.05) is 13.2 Å². The van der Waals surface area contributed by atoms with Crippen LogP contribution in [0, 0.1) is 0 Å². The number of carbonyl (C=O) groups is 3. The number of allylic oxidation sites excluding steroid dienone is 24. The highest BCUT2D eigenvalue weighted by atomic mass is 16.6. The van der Waals surface area contributed by atoms with Gasteiger partial charge in [-0.3, -0.25) is 14.4 Å². The van der Waals surface area contributed by atoms with E-state index >= 15 is 0 Å². The Morgan fingerprint density at radius 3 is 0.787 bits per heavy atom. The fraction of sp³-hybridized carbons (Fsp3) is 0.635. The minimum Gasteiger partial charge on any atom is -0.462 e. The van der Waals surface area contributed by atoms with Crippen LogP contribution in [0.3, 0.4) is 0 Å². The van der Waals surface area contributed by atoms with Crippen LogP contribution in [-0.4, -0.2) is 37.2 Å². The van der Waals surface area contributed by atoms with Gasteiger partial charge in [0.2, 0.25) is 0 Å². The maximum Gasteiger partial charge on any atom is 0.306 e. The number of rotatable bonds is 58. The van der Waals surface area contributed by atoms with E-state index in [4.69, 9.17) is 14.2 Å². The summed E-state index contributed by atoms with van der Waals surface area (Å²) in [5, 5.41) is 0. The van der Waals surface area contributed by atoms with E-state index in [1.165, 1.54) is 89.9 Å². The summed E-state index contributed by atoms with van der Waals surface area (Å²) in [6.45, 7) is 6.38. The molecule has 0 aliphatic carbocycles. The Labute approximate surface area is 493 Å². The first-order valence-electron chi connectivity index (χ1n) is 32.8. The Kier molecular flexibility index (Phi) is 62.9. The van der Waals surface area contributed by atoms with Crippen molar-refractivity contribution < 1.29 is 28.6 Å². The predicted molar refractivity (Wildman–Crippen MR) is 348 cm³/mol. The Balaban J connectivity index is 4.49. The number of unbranched alkanes of at least 4 members (excludes halogenated alkanes) is 23. The topological polar surface area (TPSA) is 78.9 Å². The zero-order valence-corrected chi connectivity index (χ0v) is 51.8. The third-order valence-corrected chi connectivity index (χ3v) is 13.6. The summed E-state index contributed by atoms with van der Waals surface area (Å²) >= 11 is 0.